The number of rotatable bonds is 5. The van der Waals surface area contributed by atoms with Gasteiger partial charge < -0.3 is 11.1 Å². The van der Waals surface area contributed by atoms with Crippen molar-refractivity contribution in [1.29, 1.82) is 0 Å². The number of hydrogen-bond acceptors (Lipinski definition) is 4. The zero-order valence-electron chi connectivity index (χ0n) is 15.3. The molecule has 7 heteroatoms. The van der Waals surface area contributed by atoms with E-state index < -0.39 is 0 Å². The lowest BCUT2D eigenvalue weighted by molar-refractivity contribution is 0.0950. The number of hydrogen-bond donors (Lipinski definition) is 2. The zero-order valence-corrected chi connectivity index (χ0v) is 16.0. The summed E-state index contributed by atoms with van der Waals surface area (Å²) in [5.74, 6) is -0.218. The number of nitrogen functional groups attached to an aromatic ring is 1. The Morgan fingerprint density at radius 3 is 2.64 bits per heavy atom. The molecule has 0 saturated heterocycles. The fraction of sp³-hybridized carbons (Fsp3) is 0.190. The van der Waals surface area contributed by atoms with Crippen LogP contribution in [0.3, 0.4) is 0 Å². The van der Waals surface area contributed by atoms with Gasteiger partial charge in [0, 0.05) is 17.2 Å². The highest BCUT2D eigenvalue weighted by atomic mass is 35.5. The molecular formula is C21H19ClN4O2. The van der Waals surface area contributed by atoms with Gasteiger partial charge in [0.1, 0.15) is 5.82 Å². The number of carbonyl (C=O) groups excluding carboxylic acids is 2. The topological polar surface area (TPSA) is 90.0 Å². The SMILES string of the molecule is Cc1ccc(C(=O)NC2CC2)cc1-n1ncc(C(=O)c2ccccc2Cl)c1N. The standard InChI is InChI=1S/C21H19ClN4O2/c1-12-6-7-13(21(28)25-14-8-9-14)10-18(12)26-20(23)16(11-24-26)19(27)15-4-2-3-5-17(15)22/h2-7,10-11,14H,8-9,23H2,1H3,(H,25,28). The van der Waals surface area contributed by atoms with Crippen LogP contribution in [0.4, 0.5) is 5.82 Å². The van der Waals surface area contributed by atoms with Gasteiger partial charge in [0.05, 0.1) is 22.5 Å². The van der Waals surface area contributed by atoms with Gasteiger partial charge in [-0.2, -0.15) is 5.10 Å². The Hall–Kier alpha value is -3.12. The van der Waals surface area contributed by atoms with Crippen LogP contribution in [0.15, 0.2) is 48.7 Å². The summed E-state index contributed by atoms with van der Waals surface area (Å²) in [6, 6.07) is 12.4. The molecule has 2 aromatic carbocycles. The van der Waals surface area contributed by atoms with Crippen molar-refractivity contribution < 1.29 is 9.59 Å². The summed E-state index contributed by atoms with van der Waals surface area (Å²) < 4.78 is 1.48. The lowest BCUT2D eigenvalue weighted by atomic mass is 10.1. The first-order chi connectivity index (χ1) is 13.5. The van der Waals surface area contributed by atoms with Crippen LogP contribution in [0, 0.1) is 6.92 Å². The van der Waals surface area contributed by atoms with Gasteiger partial charge in [-0.25, -0.2) is 4.68 Å². The first-order valence-corrected chi connectivity index (χ1v) is 9.38. The monoisotopic (exact) mass is 394 g/mol. The predicted octanol–water partition coefficient (Wildman–Crippen LogP) is 3.54. The fourth-order valence-electron chi connectivity index (χ4n) is 2.99. The van der Waals surface area contributed by atoms with E-state index in [2.05, 4.69) is 10.4 Å². The van der Waals surface area contributed by atoms with Gasteiger partial charge in [0.15, 0.2) is 5.78 Å². The summed E-state index contributed by atoms with van der Waals surface area (Å²) in [6.07, 6.45) is 3.46. The molecule has 1 fully saturated rings. The molecule has 142 valence electrons. The van der Waals surface area contributed by atoms with Crippen molar-refractivity contribution in [3.63, 3.8) is 0 Å². The van der Waals surface area contributed by atoms with Gasteiger partial charge in [-0.15, -0.1) is 0 Å². The van der Waals surface area contributed by atoms with Crippen molar-refractivity contribution >= 4 is 29.1 Å². The summed E-state index contributed by atoms with van der Waals surface area (Å²) in [5, 5.41) is 7.61. The van der Waals surface area contributed by atoms with E-state index in [0.717, 1.165) is 18.4 Å². The second-order valence-electron chi connectivity index (χ2n) is 6.91. The molecule has 3 N–H and O–H groups in total. The maximum absolute atomic E-state index is 12.8. The van der Waals surface area contributed by atoms with Crippen LogP contribution in [0.5, 0.6) is 0 Å². The average molecular weight is 395 g/mol. The number of anilines is 1. The summed E-state index contributed by atoms with van der Waals surface area (Å²) >= 11 is 6.14. The van der Waals surface area contributed by atoms with Crippen molar-refractivity contribution in [2.24, 2.45) is 0 Å². The van der Waals surface area contributed by atoms with Crippen molar-refractivity contribution in [3.8, 4) is 5.69 Å². The minimum atomic E-state index is -0.297. The molecule has 0 unspecified atom stereocenters. The Labute approximate surface area is 167 Å². The van der Waals surface area contributed by atoms with Crippen LogP contribution in [-0.2, 0) is 0 Å². The smallest absolute Gasteiger partial charge is 0.251 e. The molecule has 1 aromatic heterocycles. The number of ketones is 1. The van der Waals surface area contributed by atoms with Crippen LogP contribution in [0.25, 0.3) is 5.69 Å². The highest BCUT2D eigenvalue weighted by Gasteiger charge is 2.25. The molecule has 1 aliphatic carbocycles. The molecule has 28 heavy (non-hydrogen) atoms. The molecule has 1 amide bonds. The van der Waals surface area contributed by atoms with Crippen molar-refractivity contribution in [2.45, 2.75) is 25.8 Å². The maximum Gasteiger partial charge on any atom is 0.251 e. The lowest BCUT2D eigenvalue weighted by Gasteiger charge is -2.11. The Balaban J connectivity index is 1.70. The first-order valence-electron chi connectivity index (χ1n) is 9.00. The van der Waals surface area contributed by atoms with Crippen LogP contribution < -0.4 is 11.1 Å². The van der Waals surface area contributed by atoms with Gasteiger partial charge in [-0.3, -0.25) is 9.59 Å². The number of halogens is 1. The van der Waals surface area contributed by atoms with E-state index in [1.165, 1.54) is 10.9 Å². The van der Waals surface area contributed by atoms with E-state index in [9.17, 15) is 9.59 Å². The third kappa shape index (κ3) is 3.39. The number of aromatic nitrogens is 2. The first kappa shape index (κ1) is 18.3. The molecule has 3 aromatic rings. The molecular weight excluding hydrogens is 376 g/mol. The fourth-order valence-corrected chi connectivity index (χ4v) is 3.21. The number of nitrogens with zero attached hydrogens (tertiary/aromatic N) is 2. The third-order valence-corrected chi connectivity index (χ3v) is 5.11. The Bertz CT molecular complexity index is 1090. The normalized spacial score (nSPS) is 13.4. The minimum Gasteiger partial charge on any atom is -0.383 e. The molecule has 1 heterocycles. The zero-order chi connectivity index (χ0) is 19.8. The van der Waals surface area contributed by atoms with Crippen LogP contribution in [0.2, 0.25) is 5.02 Å². The molecule has 6 nitrogen and oxygen atoms in total. The van der Waals surface area contributed by atoms with Gasteiger partial charge in [0.25, 0.3) is 5.91 Å². The van der Waals surface area contributed by atoms with E-state index in [1.807, 2.05) is 13.0 Å². The summed E-state index contributed by atoms with van der Waals surface area (Å²) in [6.45, 7) is 1.90. The van der Waals surface area contributed by atoms with Crippen LogP contribution in [0.1, 0.15) is 44.7 Å². The minimum absolute atomic E-state index is 0.123. The van der Waals surface area contributed by atoms with Gasteiger partial charge in [-0.05, 0) is 49.6 Å². The van der Waals surface area contributed by atoms with Crippen molar-refractivity contribution in [3.05, 3.63) is 75.9 Å². The second-order valence-corrected chi connectivity index (χ2v) is 7.32. The van der Waals surface area contributed by atoms with Crippen molar-refractivity contribution in [1.82, 2.24) is 15.1 Å². The molecule has 4 rings (SSSR count). The number of nitrogens with one attached hydrogen (secondary N) is 1. The largest absolute Gasteiger partial charge is 0.383 e. The van der Waals surface area contributed by atoms with E-state index in [0.29, 0.717) is 21.8 Å². The second kappa shape index (κ2) is 7.13. The van der Waals surface area contributed by atoms with Gasteiger partial charge >= 0.3 is 0 Å². The number of carbonyl (C=O) groups is 2. The lowest BCUT2D eigenvalue weighted by Crippen LogP contribution is -2.25. The van der Waals surface area contributed by atoms with E-state index in [-0.39, 0.29) is 29.1 Å². The molecule has 0 atom stereocenters. The summed E-state index contributed by atoms with van der Waals surface area (Å²) in [5.41, 5.74) is 8.94. The molecule has 0 spiro atoms. The van der Waals surface area contributed by atoms with Gasteiger partial charge in [-0.1, -0.05) is 29.8 Å². The van der Waals surface area contributed by atoms with Crippen molar-refractivity contribution in [2.75, 3.05) is 5.73 Å². The van der Waals surface area contributed by atoms with E-state index in [1.54, 1.807) is 36.4 Å². The number of nitrogens with two attached hydrogens (primary N) is 1. The highest BCUT2D eigenvalue weighted by molar-refractivity contribution is 6.35. The van der Waals surface area contributed by atoms with E-state index >= 15 is 0 Å². The van der Waals surface area contributed by atoms with Crippen LogP contribution >= 0.6 is 11.6 Å². The van der Waals surface area contributed by atoms with E-state index in [4.69, 9.17) is 17.3 Å². The Morgan fingerprint density at radius 1 is 1.18 bits per heavy atom. The van der Waals surface area contributed by atoms with Gasteiger partial charge in [0.2, 0.25) is 0 Å². The molecule has 1 aliphatic rings. The number of aryl methyl sites for hydroxylation is 1. The number of benzene rings is 2. The molecule has 0 bridgehead atoms. The Morgan fingerprint density at radius 2 is 1.93 bits per heavy atom. The highest BCUT2D eigenvalue weighted by Crippen LogP contribution is 2.26. The summed E-state index contributed by atoms with van der Waals surface area (Å²) in [7, 11) is 0. The van der Waals surface area contributed by atoms with Crippen LogP contribution in [-0.4, -0.2) is 27.5 Å². The molecule has 0 radical (unpaired) electrons. The number of amides is 1. The Kier molecular flexibility index (Phi) is 4.65. The summed E-state index contributed by atoms with van der Waals surface area (Å²) in [4.78, 5) is 25.2. The molecule has 0 aliphatic heterocycles. The quantitative estimate of drug-likeness (QED) is 0.647. The predicted molar refractivity (Wildman–Crippen MR) is 108 cm³/mol. The third-order valence-electron chi connectivity index (χ3n) is 4.78. The molecule has 1 saturated carbocycles. The maximum atomic E-state index is 12.8. The average Bonchev–Trinajstić information content (AvgIpc) is 3.42.